The fraction of sp³-hybridized carbons (Fsp3) is 0.353. The van der Waals surface area contributed by atoms with E-state index < -0.39 is 0 Å². The highest BCUT2D eigenvalue weighted by Gasteiger charge is 2.15. The van der Waals surface area contributed by atoms with E-state index in [1.165, 1.54) is 18.4 Å². The Labute approximate surface area is 130 Å². The van der Waals surface area contributed by atoms with Crippen LogP contribution in [0.25, 0.3) is 0 Å². The minimum atomic E-state index is -0.232. The topological polar surface area (TPSA) is 58.1 Å². The van der Waals surface area contributed by atoms with Crippen LogP contribution in [0.15, 0.2) is 36.4 Å². The number of nitrogens with zero attached hydrogens (tertiary/aromatic N) is 3. The van der Waals surface area contributed by atoms with Gasteiger partial charge >= 0.3 is 0 Å². The molecule has 1 fully saturated rings. The maximum absolute atomic E-state index is 12.2. The minimum Gasteiger partial charge on any atom is -0.355 e. The van der Waals surface area contributed by atoms with Crippen molar-refractivity contribution < 1.29 is 4.79 Å². The normalized spacial score (nSPS) is 14.1. The molecule has 0 radical (unpaired) electrons. The first-order chi connectivity index (χ1) is 10.8. The van der Waals surface area contributed by atoms with Gasteiger partial charge in [-0.25, -0.2) is 0 Å². The third kappa shape index (κ3) is 3.24. The van der Waals surface area contributed by atoms with Crippen molar-refractivity contribution in [2.75, 3.05) is 23.3 Å². The quantitative estimate of drug-likeness (QED) is 0.942. The average Bonchev–Trinajstić information content (AvgIpc) is 3.10. The molecule has 0 saturated carbocycles. The van der Waals surface area contributed by atoms with Crippen LogP contribution in [-0.2, 0) is 6.42 Å². The number of benzene rings is 1. The zero-order chi connectivity index (χ0) is 15.4. The third-order valence-electron chi connectivity index (χ3n) is 3.93. The standard InChI is InChI=1S/C17H20N4O/c1-2-13-5-7-14(8-6-13)18-17(22)15-9-10-16(20-19-15)21-11-3-4-12-21/h5-10H,2-4,11-12H2,1H3,(H,18,22). The van der Waals surface area contributed by atoms with E-state index in [1.807, 2.05) is 30.3 Å². The minimum absolute atomic E-state index is 0.232. The lowest BCUT2D eigenvalue weighted by Crippen LogP contribution is -2.21. The van der Waals surface area contributed by atoms with Crippen LogP contribution < -0.4 is 10.2 Å². The van der Waals surface area contributed by atoms with Crippen LogP contribution in [-0.4, -0.2) is 29.2 Å². The Kier molecular flexibility index (Phi) is 4.32. The molecule has 0 bridgehead atoms. The van der Waals surface area contributed by atoms with Crippen molar-refractivity contribution in [2.24, 2.45) is 0 Å². The van der Waals surface area contributed by atoms with E-state index in [4.69, 9.17) is 0 Å². The van der Waals surface area contributed by atoms with Gasteiger partial charge in [0.15, 0.2) is 11.5 Å². The van der Waals surface area contributed by atoms with Gasteiger partial charge in [0.1, 0.15) is 0 Å². The molecule has 0 unspecified atom stereocenters. The zero-order valence-corrected chi connectivity index (χ0v) is 12.7. The van der Waals surface area contributed by atoms with Crippen molar-refractivity contribution in [1.29, 1.82) is 0 Å². The lowest BCUT2D eigenvalue weighted by molar-refractivity contribution is 0.102. The van der Waals surface area contributed by atoms with E-state index in [0.29, 0.717) is 5.69 Å². The number of carbonyl (C=O) groups excluding carboxylic acids is 1. The van der Waals surface area contributed by atoms with Gasteiger partial charge < -0.3 is 10.2 Å². The molecule has 1 amide bonds. The number of nitrogens with one attached hydrogen (secondary N) is 1. The predicted molar refractivity (Wildman–Crippen MR) is 87.3 cm³/mol. The molecule has 2 aromatic rings. The van der Waals surface area contributed by atoms with Gasteiger partial charge in [0, 0.05) is 18.8 Å². The van der Waals surface area contributed by atoms with Crippen LogP contribution in [0.2, 0.25) is 0 Å². The Morgan fingerprint density at radius 2 is 1.82 bits per heavy atom. The van der Waals surface area contributed by atoms with E-state index in [0.717, 1.165) is 31.0 Å². The number of rotatable bonds is 4. The Morgan fingerprint density at radius 3 is 2.41 bits per heavy atom. The van der Waals surface area contributed by atoms with Crippen LogP contribution in [0.5, 0.6) is 0 Å². The Hall–Kier alpha value is -2.43. The second kappa shape index (κ2) is 6.56. The van der Waals surface area contributed by atoms with Gasteiger partial charge in [-0.05, 0) is 49.1 Å². The molecule has 1 aliphatic rings. The lowest BCUT2D eigenvalue weighted by atomic mass is 10.1. The first-order valence-electron chi connectivity index (χ1n) is 7.75. The van der Waals surface area contributed by atoms with Crippen molar-refractivity contribution >= 4 is 17.4 Å². The van der Waals surface area contributed by atoms with Gasteiger partial charge in [-0.2, -0.15) is 0 Å². The highest BCUT2D eigenvalue weighted by atomic mass is 16.1. The number of aryl methyl sites for hydroxylation is 1. The molecule has 1 aliphatic heterocycles. The van der Waals surface area contributed by atoms with Crippen LogP contribution in [0.1, 0.15) is 35.8 Å². The zero-order valence-electron chi connectivity index (χ0n) is 12.7. The molecule has 114 valence electrons. The Bertz CT molecular complexity index is 631. The maximum atomic E-state index is 12.2. The molecular weight excluding hydrogens is 276 g/mol. The Morgan fingerprint density at radius 1 is 1.09 bits per heavy atom. The molecule has 1 aromatic heterocycles. The second-order valence-corrected chi connectivity index (χ2v) is 5.48. The first-order valence-corrected chi connectivity index (χ1v) is 7.75. The molecule has 1 saturated heterocycles. The monoisotopic (exact) mass is 296 g/mol. The molecular formula is C17H20N4O. The fourth-order valence-electron chi connectivity index (χ4n) is 2.58. The summed E-state index contributed by atoms with van der Waals surface area (Å²) < 4.78 is 0. The molecule has 3 rings (SSSR count). The molecule has 2 heterocycles. The molecule has 1 N–H and O–H groups in total. The summed E-state index contributed by atoms with van der Waals surface area (Å²) in [6, 6.07) is 11.4. The van der Waals surface area contributed by atoms with Crippen LogP contribution in [0, 0.1) is 0 Å². The fourth-order valence-corrected chi connectivity index (χ4v) is 2.58. The third-order valence-corrected chi connectivity index (χ3v) is 3.93. The summed E-state index contributed by atoms with van der Waals surface area (Å²) in [6.45, 7) is 4.14. The molecule has 0 aliphatic carbocycles. The Balaban J connectivity index is 1.66. The summed E-state index contributed by atoms with van der Waals surface area (Å²) in [5, 5.41) is 11.1. The highest BCUT2D eigenvalue weighted by molar-refractivity contribution is 6.02. The summed E-state index contributed by atoms with van der Waals surface area (Å²) in [4.78, 5) is 14.4. The SMILES string of the molecule is CCc1ccc(NC(=O)c2ccc(N3CCCC3)nn2)cc1. The predicted octanol–water partition coefficient (Wildman–Crippen LogP) is 2.89. The number of hydrogen-bond acceptors (Lipinski definition) is 4. The highest BCUT2D eigenvalue weighted by Crippen LogP contribution is 2.17. The van der Waals surface area contributed by atoms with E-state index in [9.17, 15) is 4.79 Å². The first kappa shape index (κ1) is 14.5. The number of anilines is 2. The summed E-state index contributed by atoms with van der Waals surface area (Å²) >= 11 is 0. The van der Waals surface area contributed by atoms with E-state index in [2.05, 4.69) is 27.3 Å². The number of carbonyl (C=O) groups is 1. The lowest BCUT2D eigenvalue weighted by Gasteiger charge is -2.15. The van der Waals surface area contributed by atoms with E-state index in [-0.39, 0.29) is 5.91 Å². The van der Waals surface area contributed by atoms with E-state index in [1.54, 1.807) is 6.07 Å². The van der Waals surface area contributed by atoms with Crippen molar-refractivity contribution in [3.8, 4) is 0 Å². The number of amides is 1. The number of aromatic nitrogens is 2. The van der Waals surface area contributed by atoms with Gasteiger partial charge in [-0.1, -0.05) is 19.1 Å². The van der Waals surface area contributed by atoms with Crippen LogP contribution in [0.4, 0.5) is 11.5 Å². The summed E-state index contributed by atoms with van der Waals surface area (Å²) in [7, 11) is 0. The van der Waals surface area contributed by atoms with Gasteiger partial charge in [0.05, 0.1) is 0 Å². The van der Waals surface area contributed by atoms with Gasteiger partial charge in [0.25, 0.3) is 5.91 Å². The van der Waals surface area contributed by atoms with Crippen molar-refractivity contribution in [1.82, 2.24) is 10.2 Å². The molecule has 5 nitrogen and oxygen atoms in total. The van der Waals surface area contributed by atoms with Crippen LogP contribution >= 0.6 is 0 Å². The summed E-state index contributed by atoms with van der Waals surface area (Å²) in [6.07, 6.45) is 3.37. The van der Waals surface area contributed by atoms with Crippen molar-refractivity contribution in [3.63, 3.8) is 0 Å². The van der Waals surface area contributed by atoms with Crippen molar-refractivity contribution in [2.45, 2.75) is 26.2 Å². The van der Waals surface area contributed by atoms with E-state index >= 15 is 0 Å². The molecule has 5 heteroatoms. The average molecular weight is 296 g/mol. The molecule has 1 aromatic carbocycles. The second-order valence-electron chi connectivity index (χ2n) is 5.48. The summed E-state index contributed by atoms with van der Waals surface area (Å²) in [5.41, 5.74) is 2.35. The molecule has 22 heavy (non-hydrogen) atoms. The van der Waals surface area contributed by atoms with Gasteiger partial charge in [-0.3, -0.25) is 4.79 Å². The molecule has 0 atom stereocenters. The smallest absolute Gasteiger partial charge is 0.276 e. The van der Waals surface area contributed by atoms with Crippen LogP contribution in [0.3, 0.4) is 0 Å². The maximum Gasteiger partial charge on any atom is 0.276 e. The summed E-state index contributed by atoms with van der Waals surface area (Å²) in [5.74, 6) is 0.617. The number of hydrogen-bond donors (Lipinski definition) is 1. The largest absolute Gasteiger partial charge is 0.355 e. The van der Waals surface area contributed by atoms with Gasteiger partial charge in [-0.15, -0.1) is 10.2 Å². The molecule has 0 spiro atoms. The van der Waals surface area contributed by atoms with Gasteiger partial charge in [0.2, 0.25) is 0 Å². The van der Waals surface area contributed by atoms with Crippen molar-refractivity contribution in [3.05, 3.63) is 47.7 Å².